The zero-order valence-electron chi connectivity index (χ0n) is 10.6. The molecule has 1 fully saturated rings. The number of rotatable bonds is 5. The van der Waals surface area contributed by atoms with Gasteiger partial charge in [-0.2, -0.15) is 0 Å². The third-order valence-corrected chi connectivity index (χ3v) is 2.99. The van der Waals surface area contributed by atoms with Gasteiger partial charge in [-0.1, -0.05) is 0 Å². The van der Waals surface area contributed by atoms with Crippen molar-refractivity contribution in [2.24, 2.45) is 5.41 Å². The number of nitrogens with zero attached hydrogens (tertiary/aromatic N) is 1. The van der Waals surface area contributed by atoms with Crippen LogP contribution >= 0.6 is 0 Å². The van der Waals surface area contributed by atoms with Crippen molar-refractivity contribution in [3.63, 3.8) is 0 Å². The van der Waals surface area contributed by atoms with Gasteiger partial charge in [0.05, 0.1) is 13.2 Å². The van der Waals surface area contributed by atoms with Crippen LogP contribution in [0.5, 0.6) is 0 Å². The second-order valence-corrected chi connectivity index (χ2v) is 4.69. The van der Waals surface area contributed by atoms with E-state index in [0.29, 0.717) is 13.0 Å². The Balaban J connectivity index is 2.62. The van der Waals surface area contributed by atoms with E-state index in [2.05, 4.69) is 0 Å². The molecule has 0 aromatic heterocycles. The molecule has 1 aliphatic heterocycles. The Hall–Kier alpha value is -1.39. The molecule has 0 radical (unpaired) electrons. The Morgan fingerprint density at radius 2 is 2.06 bits per heavy atom. The minimum Gasteiger partial charge on any atom is -0.465 e. The standard InChI is InChI=1S/C12H19NO4/c1-4-17-11(16)12(2,3)9(14)8-13-7-5-6-10(13)15/h4-8H2,1-3H3. The molecular formula is C12H19NO4. The maximum absolute atomic E-state index is 12.0. The zero-order valence-corrected chi connectivity index (χ0v) is 10.6. The first-order chi connectivity index (χ1) is 7.89. The predicted molar refractivity (Wildman–Crippen MR) is 61.2 cm³/mol. The molecule has 1 rings (SSSR count). The van der Waals surface area contributed by atoms with Gasteiger partial charge in [0.15, 0.2) is 5.78 Å². The van der Waals surface area contributed by atoms with E-state index in [0.717, 1.165) is 6.42 Å². The SMILES string of the molecule is CCOC(=O)C(C)(C)C(=O)CN1CCCC1=O. The minimum absolute atomic E-state index is 0.00461. The molecule has 0 bridgehead atoms. The fourth-order valence-corrected chi connectivity index (χ4v) is 1.67. The van der Waals surface area contributed by atoms with Crippen LogP contribution in [0.1, 0.15) is 33.6 Å². The molecule has 5 heteroatoms. The number of ketones is 1. The monoisotopic (exact) mass is 241 g/mol. The topological polar surface area (TPSA) is 63.7 Å². The molecule has 0 saturated carbocycles. The molecule has 0 unspecified atom stereocenters. The summed E-state index contributed by atoms with van der Waals surface area (Å²) in [4.78, 5) is 36.5. The normalized spacial score (nSPS) is 16.2. The lowest BCUT2D eigenvalue weighted by Crippen LogP contribution is -2.42. The summed E-state index contributed by atoms with van der Waals surface area (Å²) in [5.41, 5.74) is -1.18. The average Bonchev–Trinajstić information content (AvgIpc) is 2.64. The average molecular weight is 241 g/mol. The molecule has 96 valence electrons. The van der Waals surface area contributed by atoms with Gasteiger partial charge < -0.3 is 9.64 Å². The van der Waals surface area contributed by atoms with E-state index < -0.39 is 11.4 Å². The van der Waals surface area contributed by atoms with Crippen LogP contribution in [0.4, 0.5) is 0 Å². The lowest BCUT2D eigenvalue weighted by atomic mass is 9.88. The number of Topliss-reactive ketones (excluding diaryl/α,β-unsaturated/α-hetero) is 1. The van der Waals surface area contributed by atoms with Gasteiger partial charge in [0.2, 0.25) is 5.91 Å². The molecule has 5 nitrogen and oxygen atoms in total. The van der Waals surface area contributed by atoms with Crippen molar-refractivity contribution >= 4 is 17.7 Å². The molecule has 0 aromatic rings. The summed E-state index contributed by atoms with van der Waals surface area (Å²) >= 11 is 0. The lowest BCUT2D eigenvalue weighted by Gasteiger charge is -2.24. The number of ether oxygens (including phenoxy) is 1. The van der Waals surface area contributed by atoms with Crippen molar-refractivity contribution in [3.8, 4) is 0 Å². The summed E-state index contributed by atoms with van der Waals surface area (Å²) < 4.78 is 4.86. The van der Waals surface area contributed by atoms with E-state index in [1.54, 1.807) is 6.92 Å². The number of carbonyl (C=O) groups is 3. The highest BCUT2D eigenvalue weighted by molar-refractivity contribution is 6.04. The van der Waals surface area contributed by atoms with Crippen molar-refractivity contribution in [3.05, 3.63) is 0 Å². The summed E-state index contributed by atoms with van der Waals surface area (Å²) in [5.74, 6) is -0.819. The van der Waals surface area contributed by atoms with Crippen LogP contribution in [0.25, 0.3) is 0 Å². The molecule has 1 heterocycles. The maximum atomic E-state index is 12.0. The Morgan fingerprint density at radius 1 is 1.41 bits per heavy atom. The summed E-state index contributed by atoms with van der Waals surface area (Å²) in [6, 6.07) is 0. The van der Waals surface area contributed by atoms with Gasteiger partial charge in [0.1, 0.15) is 5.41 Å². The van der Waals surface area contributed by atoms with E-state index in [9.17, 15) is 14.4 Å². The number of esters is 1. The quantitative estimate of drug-likeness (QED) is 0.527. The van der Waals surface area contributed by atoms with Crippen LogP contribution in [0, 0.1) is 5.41 Å². The Bertz CT molecular complexity index is 335. The highest BCUT2D eigenvalue weighted by atomic mass is 16.5. The van der Waals surface area contributed by atoms with Gasteiger partial charge in [-0.3, -0.25) is 14.4 Å². The van der Waals surface area contributed by atoms with E-state index in [-0.39, 0.29) is 24.8 Å². The fraction of sp³-hybridized carbons (Fsp3) is 0.750. The highest BCUT2D eigenvalue weighted by Gasteiger charge is 2.39. The first-order valence-electron chi connectivity index (χ1n) is 5.88. The first-order valence-corrected chi connectivity index (χ1v) is 5.88. The Kier molecular flexibility index (Phi) is 4.26. The molecule has 0 aliphatic carbocycles. The number of amides is 1. The minimum atomic E-state index is -1.18. The van der Waals surface area contributed by atoms with Crippen molar-refractivity contribution in [1.29, 1.82) is 0 Å². The first kappa shape index (κ1) is 13.7. The van der Waals surface area contributed by atoms with E-state index in [1.807, 2.05) is 0 Å². The van der Waals surface area contributed by atoms with Crippen molar-refractivity contribution in [2.45, 2.75) is 33.6 Å². The zero-order chi connectivity index (χ0) is 13.1. The van der Waals surface area contributed by atoms with Gasteiger partial charge in [0.25, 0.3) is 0 Å². The van der Waals surface area contributed by atoms with Gasteiger partial charge in [0, 0.05) is 13.0 Å². The highest BCUT2D eigenvalue weighted by Crippen LogP contribution is 2.21. The van der Waals surface area contributed by atoms with Gasteiger partial charge in [-0.25, -0.2) is 0 Å². The second-order valence-electron chi connectivity index (χ2n) is 4.69. The molecule has 0 N–H and O–H groups in total. The Morgan fingerprint density at radius 3 is 2.53 bits per heavy atom. The molecule has 0 atom stereocenters. The number of likely N-dealkylation sites (tertiary alicyclic amines) is 1. The predicted octanol–water partition coefficient (Wildman–Crippen LogP) is 0.767. The summed E-state index contributed by atoms with van der Waals surface area (Å²) in [7, 11) is 0. The summed E-state index contributed by atoms with van der Waals surface area (Å²) in [6.07, 6.45) is 1.28. The van der Waals surface area contributed by atoms with Crippen molar-refractivity contribution in [2.75, 3.05) is 19.7 Å². The van der Waals surface area contributed by atoms with Crippen LogP contribution in [0.15, 0.2) is 0 Å². The maximum Gasteiger partial charge on any atom is 0.319 e. The fourth-order valence-electron chi connectivity index (χ4n) is 1.67. The van der Waals surface area contributed by atoms with Crippen LogP contribution in [-0.4, -0.2) is 42.3 Å². The number of hydrogen-bond donors (Lipinski definition) is 0. The summed E-state index contributed by atoms with van der Waals surface area (Å²) in [5, 5.41) is 0. The van der Waals surface area contributed by atoms with Crippen molar-refractivity contribution in [1.82, 2.24) is 4.90 Å². The van der Waals surface area contributed by atoms with Gasteiger partial charge >= 0.3 is 5.97 Å². The molecule has 1 saturated heterocycles. The van der Waals surface area contributed by atoms with E-state index >= 15 is 0 Å². The van der Waals surface area contributed by atoms with Crippen molar-refractivity contribution < 1.29 is 19.1 Å². The van der Waals surface area contributed by atoms with Gasteiger partial charge in [-0.15, -0.1) is 0 Å². The van der Waals surface area contributed by atoms with E-state index in [4.69, 9.17) is 4.74 Å². The molecule has 17 heavy (non-hydrogen) atoms. The Labute approximate surface area is 101 Å². The van der Waals surface area contributed by atoms with Crippen LogP contribution in [0.3, 0.4) is 0 Å². The number of hydrogen-bond acceptors (Lipinski definition) is 4. The second kappa shape index (κ2) is 5.29. The van der Waals surface area contributed by atoms with Crippen LogP contribution in [-0.2, 0) is 19.1 Å². The van der Waals surface area contributed by atoms with E-state index in [1.165, 1.54) is 18.7 Å². The third kappa shape index (κ3) is 3.05. The molecule has 0 spiro atoms. The number of carbonyl (C=O) groups excluding carboxylic acids is 3. The lowest BCUT2D eigenvalue weighted by molar-refractivity contribution is -0.158. The molecule has 0 aromatic carbocycles. The third-order valence-electron chi connectivity index (χ3n) is 2.99. The molecular weight excluding hydrogens is 222 g/mol. The summed E-state index contributed by atoms with van der Waals surface area (Å²) in [6.45, 7) is 5.62. The largest absolute Gasteiger partial charge is 0.465 e. The molecule has 1 amide bonds. The van der Waals surface area contributed by atoms with Crippen LogP contribution < -0.4 is 0 Å². The smallest absolute Gasteiger partial charge is 0.319 e. The molecule has 1 aliphatic rings. The van der Waals surface area contributed by atoms with Crippen LogP contribution in [0.2, 0.25) is 0 Å². The van der Waals surface area contributed by atoms with Gasteiger partial charge in [-0.05, 0) is 27.2 Å².